The van der Waals surface area contributed by atoms with Crippen LogP contribution in [-0.2, 0) is 9.47 Å². The number of hydrogen-bond acceptors (Lipinski definition) is 8. The molecule has 0 aliphatic carbocycles. The minimum atomic E-state index is -2.09. The molecular formula is C39H69ClN4O4S2Sn. The van der Waals surface area contributed by atoms with Crippen molar-refractivity contribution in [1.82, 2.24) is 19.8 Å². The number of carbonyl (C=O) groups is 2. The van der Waals surface area contributed by atoms with E-state index in [9.17, 15) is 9.59 Å². The molecule has 2 aliphatic rings. The van der Waals surface area contributed by atoms with E-state index in [1.165, 1.54) is 66.7 Å². The van der Waals surface area contributed by atoms with Crippen LogP contribution in [0.15, 0.2) is 17.8 Å². The zero-order valence-corrected chi connectivity index (χ0v) is 38.8. The van der Waals surface area contributed by atoms with E-state index in [1.54, 1.807) is 27.6 Å². The molecule has 2 aromatic rings. The molecule has 2 amide bonds. The largest absolute Gasteiger partial charge is 0.444 e. The maximum Gasteiger partial charge on any atom is 0.410 e. The van der Waals surface area contributed by atoms with Crippen molar-refractivity contribution in [3.8, 4) is 0 Å². The molecule has 2 saturated heterocycles. The van der Waals surface area contributed by atoms with Crippen LogP contribution < -0.4 is 0 Å². The van der Waals surface area contributed by atoms with E-state index in [1.807, 2.05) is 64.2 Å². The van der Waals surface area contributed by atoms with Gasteiger partial charge in [-0.1, -0.05) is 0 Å². The second-order valence-electron chi connectivity index (χ2n) is 16.1. The summed E-state index contributed by atoms with van der Waals surface area (Å²) in [6.07, 6.45) is 15.4. The second-order valence-corrected chi connectivity index (χ2v) is 34.5. The number of rotatable bonds is 11. The monoisotopic (exact) mass is 876 g/mol. The van der Waals surface area contributed by atoms with E-state index in [2.05, 4.69) is 37.7 Å². The SMILES string of the molecule is CC(C)(C)OC(=O)N1CCC(c2nccs2)CC1.CCC[CH2][Sn]([Cl])([CH2]CCC)[CH2]CCC.Cc1cnc(C2CCN(C(=O)OC(C)(C)C)CC2)s1. The van der Waals surface area contributed by atoms with E-state index >= 15 is 0 Å². The molecule has 4 rings (SSSR count). The van der Waals surface area contributed by atoms with E-state index in [-0.39, 0.29) is 12.2 Å². The molecule has 0 radical (unpaired) electrons. The molecule has 0 bridgehead atoms. The Hall–Kier alpha value is -1.11. The third-order valence-corrected chi connectivity index (χ3v) is 25.5. The summed E-state index contributed by atoms with van der Waals surface area (Å²) in [4.78, 5) is 37.5. The van der Waals surface area contributed by atoms with Gasteiger partial charge in [0.2, 0.25) is 0 Å². The van der Waals surface area contributed by atoms with Crippen LogP contribution in [0.5, 0.6) is 0 Å². The first-order valence-corrected chi connectivity index (χ1v) is 30.8. The standard InChI is InChI=1S/C14H22N2O2S.C13H20N2O2S.3C4H9.ClH.Sn/c1-10-9-15-12(19-10)11-5-7-16(8-6-11)13(17)18-14(2,3)4;1-13(2,3)17-12(16)15-7-4-10(5-8-15)11-14-6-9-18-11;3*1-3-4-2;;/h9,11H,5-8H2,1-4H3;6,9-10H,4-5,7-8H2,1-3H3;3*1,3-4H2,2H3;1H;/q;;;;;;+1/p-1. The number of nitrogens with zero attached hydrogens (tertiary/aromatic N) is 4. The van der Waals surface area contributed by atoms with Crippen LogP contribution in [0.3, 0.4) is 0 Å². The number of likely N-dealkylation sites (tertiary alicyclic amines) is 2. The fourth-order valence-electron chi connectivity index (χ4n) is 6.12. The number of aromatic nitrogens is 2. The third kappa shape index (κ3) is 18.7. The predicted octanol–water partition coefficient (Wildman–Crippen LogP) is 12.4. The number of ether oxygens (including phenoxy) is 2. The fraction of sp³-hybridized carbons (Fsp3) is 0.795. The summed E-state index contributed by atoms with van der Waals surface area (Å²) < 4.78 is 15.0. The molecule has 2 fully saturated rings. The normalized spacial score (nSPS) is 16.1. The Labute approximate surface area is 326 Å². The number of halogens is 1. The zero-order valence-electron chi connectivity index (χ0n) is 33.5. The van der Waals surface area contributed by atoms with Gasteiger partial charge in [-0.2, -0.15) is 0 Å². The molecule has 12 heteroatoms. The average molecular weight is 876 g/mol. The van der Waals surface area contributed by atoms with Gasteiger partial charge in [0, 0.05) is 60.7 Å². The predicted molar refractivity (Wildman–Crippen MR) is 219 cm³/mol. The van der Waals surface area contributed by atoms with Gasteiger partial charge in [0.25, 0.3) is 0 Å². The van der Waals surface area contributed by atoms with Crippen molar-refractivity contribution in [2.45, 2.75) is 170 Å². The first-order chi connectivity index (χ1) is 24.0. The molecule has 0 unspecified atom stereocenters. The topological polar surface area (TPSA) is 84.9 Å². The van der Waals surface area contributed by atoms with Crippen molar-refractivity contribution < 1.29 is 19.1 Å². The quantitative estimate of drug-likeness (QED) is 0.209. The van der Waals surface area contributed by atoms with Gasteiger partial charge in [-0.05, 0) is 74.1 Å². The molecule has 0 atom stereocenters. The molecule has 0 aromatic carbocycles. The van der Waals surface area contributed by atoms with Crippen molar-refractivity contribution in [3.05, 3.63) is 32.7 Å². The Morgan fingerprint density at radius 3 is 1.49 bits per heavy atom. The van der Waals surface area contributed by atoms with Crippen molar-refractivity contribution in [3.63, 3.8) is 0 Å². The van der Waals surface area contributed by atoms with Crippen molar-refractivity contribution in [2.24, 2.45) is 0 Å². The van der Waals surface area contributed by atoms with Gasteiger partial charge in [-0.15, -0.1) is 22.7 Å². The summed E-state index contributed by atoms with van der Waals surface area (Å²) in [5.41, 5.74) is -0.830. The smallest absolute Gasteiger partial charge is 0.410 e. The molecule has 8 nitrogen and oxygen atoms in total. The number of amides is 2. The molecule has 4 heterocycles. The summed E-state index contributed by atoms with van der Waals surface area (Å²) in [5, 5.41) is 4.41. The number of aryl methyl sites for hydroxylation is 1. The fourth-order valence-corrected chi connectivity index (χ4v) is 21.2. The molecule has 2 aliphatic heterocycles. The Morgan fingerprint density at radius 1 is 0.765 bits per heavy atom. The van der Waals surface area contributed by atoms with Crippen LogP contribution in [0.2, 0.25) is 13.3 Å². The van der Waals surface area contributed by atoms with Gasteiger partial charge in [0.1, 0.15) is 11.2 Å². The molecule has 0 spiro atoms. The van der Waals surface area contributed by atoms with Gasteiger partial charge in [-0.3, -0.25) is 0 Å². The Kier molecular flexibility index (Phi) is 20.7. The van der Waals surface area contributed by atoms with Crippen molar-refractivity contribution in [1.29, 1.82) is 0 Å². The van der Waals surface area contributed by atoms with Crippen LogP contribution in [-0.4, -0.2) is 86.6 Å². The molecular weight excluding hydrogens is 807 g/mol. The summed E-state index contributed by atoms with van der Waals surface area (Å²) in [7, 11) is 6.89. The maximum absolute atomic E-state index is 12.0. The van der Waals surface area contributed by atoms with Crippen LogP contribution >= 0.6 is 31.6 Å². The Bertz CT molecular complexity index is 1230. The number of hydrogen-bond donors (Lipinski definition) is 0. The van der Waals surface area contributed by atoms with Gasteiger partial charge >= 0.3 is 111 Å². The van der Waals surface area contributed by atoms with Crippen molar-refractivity contribution in [2.75, 3.05) is 26.2 Å². The van der Waals surface area contributed by atoms with E-state index < -0.39 is 28.5 Å². The van der Waals surface area contributed by atoms with Crippen LogP contribution in [0, 0.1) is 6.92 Å². The van der Waals surface area contributed by atoms with Crippen LogP contribution in [0.1, 0.15) is 153 Å². The first kappa shape index (κ1) is 46.0. The Morgan fingerprint density at radius 2 is 1.18 bits per heavy atom. The number of unbranched alkanes of at least 4 members (excludes halogenated alkanes) is 3. The number of thiazole rings is 2. The maximum atomic E-state index is 12.0. The summed E-state index contributed by atoms with van der Waals surface area (Å²) >= 11 is 1.38. The molecule has 2 aromatic heterocycles. The van der Waals surface area contributed by atoms with Gasteiger partial charge in [0.15, 0.2) is 0 Å². The summed E-state index contributed by atoms with van der Waals surface area (Å²) in [5.74, 6) is 1.00. The number of piperidine rings is 2. The first-order valence-electron chi connectivity index (χ1n) is 19.5. The van der Waals surface area contributed by atoms with Crippen LogP contribution in [0.4, 0.5) is 9.59 Å². The minimum absolute atomic E-state index is 0.193. The van der Waals surface area contributed by atoms with Crippen molar-refractivity contribution >= 4 is 61.0 Å². The van der Waals surface area contributed by atoms with Gasteiger partial charge in [0.05, 0.1) is 10.0 Å². The average Bonchev–Trinajstić information content (AvgIpc) is 3.78. The van der Waals surface area contributed by atoms with Gasteiger partial charge < -0.3 is 19.3 Å². The van der Waals surface area contributed by atoms with E-state index in [0.29, 0.717) is 11.8 Å². The molecule has 0 N–H and O–H groups in total. The molecule has 0 saturated carbocycles. The third-order valence-electron chi connectivity index (χ3n) is 9.02. The Balaban J connectivity index is 0.000000269. The molecule has 51 heavy (non-hydrogen) atoms. The summed E-state index contributed by atoms with van der Waals surface area (Å²) in [6.45, 7) is 23.4. The second kappa shape index (κ2) is 23.0. The van der Waals surface area contributed by atoms with Crippen LogP contribution in [0.25, 0.3) is 0 Å². The number of carbonyl (C=O) groups excluding carboxylic acids is 2. The minimum Gasteiger partial charge on any atom is -0.444 e. The van der Waals surface area contributed by atoms with E-state index in [0.717, 1.165) is 51.9 Å². The zero-order chi connectivity index (χ0) is 38.1. The summed E-state index contributed by atoms with van der Waals surface area (Å²) in [6, 6.07) is 0. The van der Waals surface area contributed by atoms with Gasteiger partial charge in [-0.25, -0.2) is 19.6 Å². The molecule has 292 valence electrons. The van der Waals surface area contributed by atoms with E-state index in [4.69, 9.17) is 18.4 Å².